The fourth-order valence-electron chi connectivity index (χ4n) is 0.454. The SMILES string of the molecule is FC#CC(F)(F)C(F)(F)C(F)(F)[C](F)F. The maximum absolute atomic E-state index is 12.1. The lowest BCUT2D eigenvalue weighted by Gasteiger charge is -2.28. The average molecular weight is 243 g/mol. The summed E-state index contributed by atoms with van der Waals surface area (Å²) in [5.41, 5.74) is 0. The smallest absolute Gasteiger partial charge is 0.192 e. The fraction of sp³-hybridized carbons (Fsp3) is 0.500. The van der Waals surface area contributed by atoms with Gasteiger partial charge in [0.05, 0.1) is 0 Å². The van der Waals surface area contributed by atoms with Crippen LogP contribution < -0.4 is 0 Å². The largest absolute Gasteiger partial charge is 0.390 e. The monoisotopic (exact) mass is 243 g/mol. The second-order valence-electron chi connectivity index (χ2n) is 2.20. The number of hydrogen-bond donors (Lipinski definition) is 0. The van der Waals surface area contributed by atoms with Gasteiger partial charge >= 0.3 is 24.2 Å². The predicted octanol–water partition coefficient (Wildman–Crippen LogP) is 3.25. The number of halogens is 9. The highest BCUT2D eigenvalue weighted by Crippen LogP contribution is 2.50. The molecule has 0 fully saturated rings. The van der Waals surface area contributed by atoms with Crippen LogP contribution in [0.5, 0.6) is 0 Å². The molecule has 0 aromatic heterocycles. The first-order valence-electron chi connectivity index (χ1n) is 2.95. The number of alkyl halides is 6. The van der Waals surface area contributed by atoms with Gasteiger partial charge in [0.1, 0.15) is 6.17 Å². The van der Waals surface area contributed by atoms with Crippen molar-refractivity contribution < 1.29 is 39.5 Å². The highest BCUT2D eigenvalue weighted by molar-refractivity contribution is 5.17. The Morgan fingerprint density at radius 1 is 0.867 bits per heavy atom. The first-order chi connectivity index (χ1) is 6.50. The molecule has 0 rings (SSSR count). The van der Waals surface area contributed by atoms with Crippen molar-refractivity contribution in [3.8, 4) is 12.1 Å². The van der Waals surface area contributed by atoms with Gasteiger partial charge in [0.2, 0.25) is 0 Å². The Morgan fingerprint density at radius 3 is 1.53 bits per heavy atom. The maximum atomic E-state index is 12.1. The van der Waals surface area contributed by atoms with Crippen molar-refractivity contribution in [3.63, 3.8) is 0 Å². The van der Waals surface area contributed by atoms with Crippen molar-refractivity contribution in [2.75, 3.05) is 0 Å². The Bertz CT molecular complexity index is 281. The van der Waals surface area contributed by atoms with Crippen LogP contribution in [0.3, 0.4) is 0 Å². The van der Waals surface area contributed by atoms with E-state index in [0.29, 0.717) is 0 Å². The summed E-state index contributed by atoms with van der Waals surface area (Å²) in [7, 11) is 0. The van der Waals surface area contributed by atoms with Crippen LogP contribution in [-0.2, 0) is 0 Å². The van der Waals surface area contributed by atoms with Crippen LogP contribution in [0.2, 0.25) is 0 Å². The normalized spacial score (nSPS) is 13.7. The molecule has 0 atom stereocenters. The molecule has 0 nitrogen and oxygen atoms in total. The molecule has 0 aliphatic heterocycles. The molecular weight excluding hydrogens is 243 g/mol. The molecule has 0 saturated heterocycles. The second-order valence-corrected chi connectivity index (χ2v) is 2.20. The van der Waals surface area contributed by atoms with Crippen LogP contribution in [0, 0.1) is 18.5 Å². The van der Waals surface area contributed by atoms with Gasteiger partial charge in [-0.05, 0) is 0 Å². The highest BCUT2D eigenvalue weighted by Gasteiger charge is 2.76. The van der Waals surface area contributed by atoms with Crippen molar-refractivity contribution in [2.45, 2.75) is 17.8 Å². The fourth-order valence-corrected chi connectivity index (χ4v) is 0.454. The molecule has 15 heavy (non-hydrogen) atoms. The lowest BCUT2D eigenvalue weighted by Crippen LogP contribution is -2.54. The number of hydrogen-bond acceptors (Lipinski definition) is 0. The summed E-state index contributed by atoms with van der Waals surface area (Å²) in [5.74, 6) is -19.0. The molecule has 0 aliphatic rings. The van der Waals surface area contributed by atoms with Gasteiger partial charge in [-0.15, -0.1) is 4.39 Å². The molecule has 0 saturated carbocycles. The van der Waals surface area contributed by atoms with E-state index >= 15 is 0 Å². The van der Waals surface area contributed by atoms with Gasteiger partial charge in [0, 0.05) is 5.92 Å². The van der Waals surface area contributed by atoms with E-state index in [9.17, 15) is 39.5 Å². The van der Waals surface area contributed by atoms with E-state index < -0.39 is 24.2 Å². The van der Waals surface area contributed by atoms with Gasteiger partial charge in [-0.3, -0.25) is 0 Å². The van der Waals surface area contributed by atoms with Gasteiger partial charge in [-0.25, -0.2) is 0 Å². The van der Waals surface area contributed by atoms with Gasteiger partial charge in [-0.2, -0.15) is 35.1 Å². The average Bonchev–Trinajstić information content (AvgIpc) is 2.02. The minimum atomic E-state index is -6.50. The van der Waals surface area contributed by atoms with E-state index in [4.69, 9.17) is 0 Å². The van der Waals surface area contributed by atoms with E-state index in [1.807, 2.05) is 0 Å². The summed E-state index contributed by atoms with van der Waals surface area (Å²) in [6.07, 6.45) is -4.46. The minimum Gasteiger partial charge on any atom is -0.192 e. The van der Waals surface area contributed by atoms with Crippen molar-refractivity contribution in [1.29, 1.82) is 0 Å². The van der Waals surface area contributed by atoms with Crippen molar-refractivity contribution in [3.05, 3.63) is 6.43 Å². The van der Waals surface area contributed by atoms with Gasteiger partial charge in [0.15, 0.2) is 0 Å². The van der Waals surface area contributed by atoms with Gasteiger partial charge in [-0.1, -0.05) is 0 Å². The highest BCUT2D eigenvalue weighted by atomic mass is 19.4. The van der Waals surface area contributed by atoms with E-state index in [0.717, 1.165) is 0 Å². The zero-order valence-corrected chi connectivity index (χ0v) is 6.40. The molecule has 0 aromatic rings. The minimum absolute atomic E-state index is 0.204. The Kier molecular flexibility index (Phi) is 3.55. The van der Waals surface area contributed by atoms with E-state index in [2.05, 4.69) is 0 Å². The third kappa shape index (κ3) is 2.13. The van der Waals surface area contributed by atoms with Crippen LogP contribution in [-0.4, -0.2) is 17.8 Å². The van der Waals surface area contributed by atoms with Crippen LogP contribution in [0.1, 0.15) is 0 Å². The quantitative estimate of drug-likeness (QED) is 0.527. The molecule has 0 heterocycles. The van der Waals surface area contributed by atoms with Crippen molar-refractivity contribution in [2.24, 2.45) is 0 Å². The lowest BCUT2D eigenvalue weighted by atomic mass is 10.1. The first kappa shape index (κ1) is 13.9. The molecule has 0 unspecified atom stereocenters. The van der Waals surface area contributed by atoms with Gasteiger partial charge in [0.25, 0.3) is 0 Å². The summed E-state index contributed by atoms with van der Waals surface area (Å²) in [4.78, 5) is 0. The summed E-state index contributed by atoms with van der Waals surface area (Å²) >= 11 is 0. The molecule has 0 amide bonds. The Balaban J connectivity index is 5.36. The summed E-state index contributed by atoms with van der Waals surface area (Å²) in [6.45, 7) is 0. The maximum Gasteiger partial charge on any atom is 0.390 e. The second kappa shape index (κ2) is 3.83. The summed E-state index contributed by atoms with van der Waals surface area (Å²) in [5, 5.41) is 0. The van der Waals surface area contributed by atoms with Crippen LogP contribution >= 0.6 is 0 Å². The number of rotatable bonds is 3. The molecule has 0 aliphatic carbocycles. The first-order valence-corrected chi connectivity index (χ1v) is 2.95. The molecular formula is C6F9. The predicted molar refractivity (Wildman–Crippen MR) is 29.2 cm³/mol. The summed E-state index contributed by atoms with van der Waals surface area (Å²) < 4.78 is 106. The standard InChI is InChI=1S/C6F9/c7-2-1-4(10,11)6(14,15)5(12,13)3(8)9. The van der Waals surface area contributed by atoms with E-state index in [1.165, 1.54) is 0 Å². The van der Waals surface area contributed by atoms with E-state index in [-0.39, 0.29) is 12.1 Å². The molecule has 1 radical (unpaired) electrons. The molecule has 9 heteroatoms. The zero-order valence-electron chi connectivity index (χ0n) is 6.40. The molecule has 0 bridgehead atoms. The van der Waals surface area contributed by atoms with Crippen molar-refractivity contribution in [1.82, 2.24) is 0 Å². The molecule has 0 N–H and O–H groups in total. The van der Waals surface area contributed by atoms with Crippen LogP contribution in [0.15, 0.2) is 0 Å². The molecule has 0 spiro atoms. The summed E-state index contributed by atoms with van der Waals surface area (Å²) in [6, 6.07) is 0. The molecule has 87 valence electrons. The topological polar surface area (TPSA) is 0 Å². The zero-order chi connectivity index (χ0) is 12.5. The van der Waals surface area contributed by atoms with E-state index in [1.54, 1.807) is 0 Å². The molecule has 0 aromatic carbocycles. The third-order valence-corrected chi connectivity index (χ3v) is 1.23. The van der Waals surface area contributed by atoms with Crippen LogP contribution in [0.4, 0.5) is 39.5 Å². The lowest BCUT2D eigenvalue weighted by molar-refractivity contribution is -0.299. The van der Waals surface area contributed by atoms with Crippen LogP contribution in [0.25, 0.3) is 0 Å². The van der Waals surface area contributed by atoms with Gasteiger partial charge < -0.3 is 0 Å². The third-order valence-electron chi connectivity index (χ3n) is 1.23. The Labute approximate surface area is 77.1 Å². The Hall–Kier alpha value is -1.07. The Morgan fingerprint density at radius 2 is 1.27 bits per heavy atom. The van der Waals surface area contributed by atoms with Crippen molar-refractivity contribution >= 4 is 0 Å².